The van der Waals surface area contributed by atoms with Crippen molar-refractivity contribution in [2.45, 2.75) is 65.5 Å². The molecule has 49 heavy (non-hydrogen) atoms. The third kappa shape index (κ3) is 9.00. The van der Waals surface area contributed by atoms with E-state index in [0.717, 1.165) is 32.7 Å². The molecular formula is C40H43ClN2O6. The summed E-state index contributed by atoms with van der Waals surface area (Å²) in [5.41, 5.74) is 5.73. The molecule has 0 unspecified atom stereocenters. The Labute approximate surface area is 293 Å². The summed E-state index contributed by atoms with van der Waals surface area (Å²) in [7, 11) is 0. The van der Waals surface area contributed by atoms with Gasteiger partial charge in [-0.15, -0.1) is 0 Å². The van der Waals surface area contributed by atoms with Gasteiger partial charge in [0.25, 0.3) is 5.91 Å². The zero-order valence-electron chi connectivity index (χ0n) is 28.6. The highest BCUT2D eigenvalue weighted by atomic mass is 35.5. The maximum Gasteiger partial charge on any atom is 0.414 e. The second-order valence-corrected chi connectivity index (χ2v) is 14.3. The number of rotatable bonds is 9. The lowest BCUT2D eigenvalue weighted by molar-refractivity contribution is -0.135. The molecule has 8 nitrogen and oxygen atoms in total. The Kier molecular flexibility index (Phi) is 11.0. The van der Waals surface area contributed by atoms with Gasteiger partial charge in [0.15, 0.2) is 0 Å². The molecular weight excluding hydrogens is 640 g/mol. The van der Waals surface area contributed by atoms with Crippen LogP contribution in [0.15, 0.2) is 91.0 Å². The van der Waals surface area contributed by atoms with E-state index in [0.29, 0.717) is 22.9 Å². The molecule has 1 atom stereocenters. The lowest BCUT2D eigenvalue weighted by Crippen LogP contribution is -2.55. The molecule has 1 aliphatic rings. The van der Waals surface area contributed by atoms with Crippen LogP contribution in [0.1, 0.15) is 56.9 Å². The molecule has 0 aromatic heterocycles. The van der Waals surface area contributed by atoms with E-state index < -0.39 is 24.1 Å². The largest absolute Gasteiger partial charge is 0.465 e. The molecule has 0 radical (unpaired) electrons. The first-order chi connectivity index (χ1) is 23.3. The van der Waals surface area contributed by atoms with E-state index in [1.165, 1.54) is 10.5 Å². The highest BCUT2D eigenvalue weighted by Crippen LogP contribution is 2.32. The maximum atomic E-state index is 14.0. The fraction of sp³-hybridized carbons (Fsp3) is 0.325. The van der Waals surface area contributed by atoms with Crippen LogP contribution in [-0.4, -0.2) is 52.2 Å². The third-order valence-electron chi connectivity index (χ3n) is 8.58. The summed E-state index contributed by atoms with van der Waals surface area (Å²) in [4.78, 5) is 42.0. The Bertz CT molecular complexity index is 1780. The Balaban J connectivity index is 1.33. The molecule has 0 bridgehead atoms. The van der Waals surface area contributed by atoms with Crippen LogP contribution < -0.4 is 4.74 Å². The van der Waals surface area contributed by atoms with Crippen LogP contribution in [0.3, 0.4) is 0 Å². The second-order valence-electron chi connectivity index (χ2n) is 13.9. The Morgan fingerprint density at radius 1 is 0.878 bits per heavy atom. The smallest absolute Gasteiger partial charge is 0.414 e. The third-order valence-corrected chi connectivity index (χ3v) is 8.83. The number of fused-ring (bicyclic) bond motifs is 1. The van der Waals surface area contributed by atoms with Crippen molar-refractivity contribution in [3.8, 4) is 22.6 Å². The fourth-order valence-electron chi connectivity index (χ4n) is 5.74. The predicted octanol–water partition coefficient (Wildman–Crippen LogP) is 9.37. The quantitative estimate of drug-likeness (QED) is 0.189. The molecule has 0 saturated heterocycles. The molecule has 0 saturated carbocycles. The number of benzene rings is 4. The molecule has 3 amide bonds. The molecule has 0 aliphatic carbocycles. The van der Waals surface area contributed by atoms with Gasteiger partial charge >= 0.3 is 12.2 Å². The molecule has 4 aromatic carbocycles. The van der Waals surface area contributed by atoms with Gasteiger partial charge < -0.3 is 14.6 Å². The van der Waals surface area contributed by atoms with Crippen LogP contribution in [0.2, 0.25) is 5.02 Å². The predicted molar refractivity (Wildman–Crippen MR) is 191 cm³/mol. The van der Waals surface area contributed by atoms with Crippen molar-refractivity contribution >= 4 is 29.7 Å². The average molecular weight is 683 g/mol. The number of carboxylic acid groups (broad SMARTS) is 1. The van der Waals surface area contributed by atoms with Gasteiger partial charge in [-0.1, -0.05) is 101 Å². The average Bonchev–Trinajstić information content (AvgIpc) is 3.07. The highest BCUT2D eigenvalue weighted by molar-refractivity contribution is 6.30. The topological polar surface area (TPSA) is 96.4 Å². The van der Waals surface area contributed by atoms with Crippen LogP contribution in [0.5, 0.6) is 11.5 Å². The Hall–Kier alpha value is -4.82. The zero-order valence-corrected chi connectivity index (χ0v) is 29.4. The number of ether oxygens (including phenoxy) is 2. The number of carbonyl (C=O) groups excluding carboxylic acids is 2. The Morgan fingerprint density at radius 2 is 1.49 bits per heavy atom. The van der Waals surface area contributed by atoms with E-state index in [4.69, 9.17) is 21.1 Å². The van der Waals surface area contributed by atoms with E-state index in [1.54, 1.807) is 0 Å². The molecule has 4 aromatic rings. The standard InChI is InChI=1S/C40H43ClN2O6/c1-26(2)25-48-39(47)43-24-31-22-35(49-34-18-13-32(14-19-34)40(3,4)5)17-12-30(31)23-36(43)37(44)42(38(45)46)21-20-27-6-8-28(9-7-27)29-10-15-33(41)16-11-29/h6-19,22,26,36H,20-21,23-25H2,1-5H3,(H,45,46)/t36-/m0/s1. The summed E-state index contributed by atoms with van der Waals surface area (Å²) in [5.74, 6) is 0.691. The van der Waals surface area contributed by atoms with Crippen LogP contribution in [0.25, 0.3) is 11.1 Å². The van der Waals surface area contributed by atoms with Crippen molar-refractivity contribution in [2.75, 3.05) is 13.2 Å². The molecule has 0 spiro atoms. The number of amides is 3. The summed E-state index contributed by atoms with van der Waals surface area (Å²) in [6, 6.07) is 27.7. The Morgan fingerprint density at radius 3 is 2.08 bits per heavy atom. The van der Waals surface area contributed by atoms with Crippen molar-refractivity contribution < 1.29 is 29.0 Å². The first-order valence-electron chi connectivity index (χ1n) is 16.5. The minimum Gasteiger partial charge on any atom is -0.465 e. The van der Waals surface area contributed by atoms with Gasteiger partial charge in [0, 0.05) is 18.0 Å². The molecule has 256 valence electrons. The van der Waals surface area contributed by atoms with Gasteiger partial charge in [-0.05, 0) is 87.5 Å². The van der Waals surface area contributed by atoms with Crippen LogP contribution in [0.4, 0.5) is 9.59 Å². The second kappa shape index (κ2) is 15.2. The van der Waals surface area contributed by atoms with Gasteiger partial charge in [-0.2, -0.15) is 0 Å². The van der Waals surface area contributed by atoms with Gasteiger partial charge in [-0.3, -0.25) is 9.69 Å². The number of imide groups is 1. The maximum absolute atomic E-state index is 14.0. The first-order valence-corrected chi connectivity index (χ1v) is 16.9. The van der Waals surface area contributed by atoms with E-state index >= 15 is 0 Å². The van der Waals surface area contributed by atoms with Gasteiger partial charge in [0.2, 0.25) is 0 Å². The van der Waals surface area contributed by atoms with Gasteiger partial charge in [0.1, 0.15) is 17.5 Å². The number of hydrogen-bond acceptors (Lipinski definition) is 5. The summed E-state index contributed by atoms with van der Waals surface area (Å²) >= 11 is 6.02. The lowest BCUT2D eigenvalue weighted by atomic mass is 9.87. The molecule has 1 heterocycles. The van der Waals surface area contributed by atoms with E-state index in [-0.39, 0.29) is 37.5 Å². The van der Waals surface area contributed by atoms with E-state index in [1.807, 2.05) is 105 Å². The monoisotopic (exact) mass is 682 g/mol. The van der Waals surface area contributed by atoms with Crippen molar-refractivity contribution in [1.82, 2.24) is 9.80 Å². The van der Waals surface area contributed by atoms with Crippen molar-refractivity contribution in [2.24, 2.45) is 5.92 Å². The molecule has 0 fully saturated rings. The summed E-state index contributed by atoms with van der Waals surface area (Å²) in [6.07, 6.45) is -1.57. The van der Waals surface area contributed by atoms with E-state index in [2.05, 4.69) is 20.8 Å². The zero-order chi connectivity index (χ0) is 35.3. The van der Waals surface area contributed by atoms with E-state index in [9.17, 15) is 19.5 Å². The normalized spacial score (nSPS) is 14.3. The molecule has 9 heteroatoms. The van der Waals surface area contributed by atoms with Gasteiger partial charge in [0.05, 0.1) is 13.2 Å². The number of hydrogen-bond donors (Lipinski definition) is 1. The summed E-state index contributed by atoms with van der Waals surface area (Å²) in [5, 5.41) is 10.8. The van der Waals surface area contributed by atoms with Crippen molar-refractivity contribution in [3.05, 3.63) is 118 Å². The first kappa shape index (κ1) is 35.5. The molecule has 5 rings (SSSR count). The molecule has 1 N–H and O–H groups in total. The molecule has 1 aliphatic heterocycles. The number of nitrogens with zero attached hydrogens (tertiary/aromatic N) is 2. The highest BCUT2D eigenvalue weighted by Gasteiger charge is 2.39. The minimum atomic E-state index is -1.37. The van der Waals surface area contributed by atoms with Crippen LogP contribution in [0, 0.1) is 5.92 Å². The summed E-state index contributed by atoms with van der Waals surface area (Å²) in [6.45, 7) is 10.5. The van der Waals surface area contributed by atoms with Crippen molar-refractivity contribution in [1.29, 1.82) is 0 Å². The van der Waals surface area contributed by atoms with Crippen LogP contribution in [-0.2, 0) is 34.3 Å². The van der Waals surface area contributed by atoms with Crippen molar-refractivity contribution in [3.63, 3.8) is 0 Å². The number of carbonyl (C=O) groups is 3. The number of halogens is 1. The fourth-order valence-corrected chi connectivity index (χ4v) is 5.87. The van der Waals surface area contributed by atoms with Gasteiger partial charge in [-0.25, -0.2) is 14.5 Å². The SMILES string of the molecule is CC(C)COC(=O)N1Cc2cc(Oc3ccc(C(C)(C)C)cc3)ccc2C[C@H]1C(=O)N(CCc1ccc(-c2ccc(Cl)cc2)cc1)C(=O)O. The summed E-state index contributed by atoms with van der Waals surface area (Å²) < 4.78 is 11.7. The van der Waals surface area contributed by atoms with Crippen LogP contribution >= 0.6 is 11.6 Å². The lowest BCUT2D eigenvalue weighted by Gasteiger charge is -2.37. The minimum absolute atomic E-state index is 0.0201.